The Bertz CT molecular complexity index is 596. The van der Waals surface area contributed by atoms with Gasteiger partial charge in [0.2, 0.25) is 5.95 Å². The largest absolute Gasteiger partial charge is 0.350 e. The Morgan fingerprint density at radius 3 is 2.75 bits per heavy atom. The molecule has 1 aromatic carbocycles. The lowest BCUT2D eigenvalue weighted by Crippen LogP contribution is -2.26. The number of hydrogen-bond acceptors (Lipinski definition) is 4. The lowest BCUT2D eigenvalue weighted by atomic mass is 10.2. The molecule has 1 aliphatic rings. The van der Waals surface area contributed by atoms with Crippen molar-refractivity contribution in [3.63, 3.8) is 0 Å². The number of amides is 1. The quantitative estimate of drug-likeness (QED) is 0.870. The van der Waals surface area contributed by atoms with Gasteiger partial charge in [-0.1, -0.05) is 30.3 Å². The Hall–Kier alpha value is -2.43. The molecule has 1 fully saturated rings. The van der Waals surface area contributed by atoms with Gasteiger partial charge in [0, 0.05) is 18.8 Å². The third kappa shape index (κ3) is 3.32. The zero-order valence-electron chi connectivity index (χ0n) is 11.0. The molecule has 102 valence electrons. The third-order valence-electron chi connectivity index (χ3n) is 3.09. The smallest absolute Gasteiger partial charge is 0.270 e. The van der Waals surface area contributed by atoms with Crippen LogP contribution in [0.2, 0.25) is 0 Å². The second kappa shape index (κ2) is 5.69. The van der Waals surface area contributed by atoms with Gasteiger partial charge in [-0.05, 0) is 24.5 Å². The molecule has 0 aliphatic heterocycles. The zero-order valence-corrected chi connectivity index (χ0v) is 11.0. The van der Waals surface area contributed by atoms with Crippen LogP contribution in [0.3, 0.4) is 0 Å². The Morgan fingerprint density at radius 2 is 2.00 bits per heavy atom. The van der Waals surface area contributed by atoms with Crippen molar-refractivity contribution in [2.24, 2.45) is 0 Å². The molecule has 2 aromatic rings. The first kappa shape index (κ1) is 12.6. The number of carbonyl (C=O) groups is 1. The summed E-state index contributed by atoms with van der Waals surface area (Å²) < 4.78 is 0. The van der Waals surface area contributed by atoms with Crippen molar-refractivity contribution in [1.29, 1.82) is 0 Å². The Kier molecular flexibility index (Phi) is 3.58. The third-order valence-corrected chi connectivity index (χ3v) is 3.09. The average molecular weight is 268 g/mol. The van der Waals surface area contributed by atoms with Crippen molar-refractivity contribution in [3.05, 3.63) is 53.9 Å². The Morgan fingerprint density at radius 1 is 1.20 bits per heavy atom. The monoisotopic (exact) mass is 268 g/mol. The Balaban J connectivity index is 1.63. The predicted octanol–water partition coefficient (Wildman–Crippen LogP) is 1.98. The van der Waals surface area contributed by atoms with Crippen molar-refractivity contribution < 1.29 is 4.79 Å². The number of benzene rings is 1. The highest BCUT2D eigenvalue weighted by Crippen LogP contribution is 2.19. The summed E-state index contributed by atoms with van der Waals surface area (Å²) >= 11 is 0. The van der Waals surface area contributed by atoms with Gasteiger partial charge < -0.3 is 10.6 Å². The summed E-state index contributed by atoms with van der Waals surface area (Å²) in [6, 6.07) is 12.0. The fraction of sp³-hybridized carbons (Fsp3) is 0.267. The van der Waals surface area contributed by atoms with E-state index in [-0.39, 0.29) is 5.91 Å². The summed E-state index contributed by atoms with van der Waals surface area (Å²) in [6.07, 6.45) is 3.73. The highest BCUT2D eigenvalue weighted by Gasteiger charge is 2.24. The van der Waals surface area contributed by atoms with Crippen LogP contribution in [0.15, 0.2) is 42.6 Å². The van der Waals surface area contributed by atoms with Crippen molar-refractivity contribution in [3.8, 4) is 0 Å². The maximum absolute atomic E-state index is 11.9. The van der Waals surface area contributed by atoms with Crippen molar-refractivity contribution in [2.75, 3.05) is 5.32 Å². The highest BCUT2D eigenvalue weighted by atomic mass is 16.2. The van der Waals surface area contributed by atoms with Crippen molar-refractivity contribution in [2.45, 2.75) is 25.4 Å². The molecule has 1 saturated carbocycles. The van der Waals surface area contributed by atoms with E-state index in [0.29, 0.717) is 24.2 Å². The van der Waals surface area contributed by atoms with Crippen LogP contribution >= 0.6 is 0 Å². The molecule has 2 N–H and O–H groups in total. The van der Waals surface area contributed by atoms with Crippen LogP contribution in [0.4, 0.5) is 5.95 Å². The van der Waals surface area contributed by atoms with Crippen LogP contribution in [-0.2, 0) is 6.54 Å². The van der Waals surface area contributed by atoms with E-state index in [1.54, 1.807) is 12.3 Å². The molecule has 3 rings (SSSR count). The van der Waals surface area contributed by atoms with Gasteiger partial charge in [0.05, 0.1) is 0 Å². The van der Waals surface area contributed by atoms with E-state index < -0.39 is 0 Å². The van der Waals surface area contributed by atoms with Crippen LogP contribution < -0.4 is 10.6 Å². The number of hydrogen-bond donors (Lipinski definition) is 2. The lowest BCUT2D eigenvalue weighted by molar-refractivity contribution is 0.0946. The van der Waals surface area contributed by atoms with Gasteiger partial charge in [0.15, 0.2) is 0 Å². The van der Waals surface area contributed by atoms with Gasteiger partial charge >= 0.3 is 0 Å². The van der Waals surface area contributed by atoms with Crippen molar-refractivity contribution >= 4 is 11.9 Å². The van der Waals surface area contributed by atoms with Crippen LogP contribution in [0.5, 0.6) is 0 Å². The van der Waals surface area contributed by atoms with Gasteiger partial charge in [-0.2, -0.15) is 0 Å². The first-order chi connectivity index (χ1) is 9.81. The normalized spacial score (nSPS) is 13.8. The molecule has 20 heavy (non-hydrogen) atoms. The molecule has 1 heterocycles. The molecule has 5 heteroatoms. The van der Waals surface area contributed by atoms with E-state index in [9.17, 15) is 4.79 Å². The molecule has 0 atom stereocenters. The summed E-state index contributed by atoms with van der Waals surface area (Å²) in [5, 5.41) is 6.04. The standard InChI is InChI=1S/C15H16N4O/c20-14(18-12-6-7-12)13-8-9-16-15(19-13)17-10-11-4-2-1-3-5-11/h1-5,8-9,12H,6-7,10H2,(H,18,20)(H,16,17,19). The van der Waals surface area contributed by atoms with Gasteiger partial charge in [-0.3, -0.25) is 4.79 Å². The molecule has 0 bridgehead atoms. The molecule has 0 saturated heterocycles. The molecule has 1 aliphatic carbocycles. The maximum atomic E-state index is 11.9. The summed E-state index contributed by atoms with van der Waals surface area (Å²) in [5.41, 5.74) is 1.55. The number of nitrogens with one attached hydrogen (secondary N) is 2. The fourth-order valence-electron chi connectivity index (χ4n) is 1.83. The number of rotatable bonds is 5. The summed E-state index contributed by atoms with van der Waals surface area (Å²) in [7, 11) is 0. The second-order valence-corrected chi connectivity index (χ2v) is 4.85. The fourth-order valence-corrected chi connectivity index (χ4v) is 1.83. The number of anilines is 1. The number of carbonyl (C=O) groups excluding carboxylic acids is 1. The van der Waals surface area contributed by atoms with Crippen LogP contribution in [0, 0.1) is 0 Å². The van der Waals surface area contributed by atoms with E-state index in [0.717, 1.165) is 18.4 Å². The molecule has 0 unspecified atom stereocenters. The van der Waals surface area contributed by atoms with E-state index >= 15 is 0 Å². The minimum Gasteiger partial charge on any atom is -0.350 e. The Labute approximate surface area is 117 Å². The first-order valence-electron chi connectivity index (χ1n) is 6.73. The topological polar surface area (TPSA) is 66.9 Å². The summed E-state index contributed by atoms with van der Waals surface area (Å²) in [5.74, 6) is 0.343. The van der Waals surface area contributed by atoms with Gasteiger partial charge in [0.25, 0.3) is 5.91 Å². The first-order valence-corrected chi connectivity index (χ1v) is 6.73. The average Bonchev–Trinajstić information content (AvgIpc) is 3.30. The van der Waals surface area contributed by atoms with Gasteiger partial charge in [0.1, 0.15) is 5.69 Å². The molecule has 5 nitrogen and oxygen atoms in total. The molecular formula is C15H16N4O. The van der Waals surface area contributed by atoms with Gasteiger partial charge in [-0.25, -0.2) is 9.97 Å². The van der Waals surface area contributed by atoms with Gasteiger partial charge in [-0.15, -0.1) is 0 Å². The number of aromatic nitrogens is 2. The van der Waals surface area contributed by atoms with E-state index in [1.165, 1.54) is 0 Å². The van der Waals surface area contributed by atoms with E-state index in [4.69, 9.17) is 0 Å². The SMILES string of the molecule is O=C(NC1CC1)c1ccnc(NCc2ccccc2)n1. The summed E-state index contributed by atoms with van der Waals surface area (Å²) in [4.78, 5) is 20.3. The molecule has 0 spiro atoms. The van der Waals surface area contributed by atoms with Crippen LogP contribution in [0.25, 0.3) is 0 Å². The minimum atomic E-state index is -0.127. The minimum absolute atomic E-state index is 0.127. The lowest BCUT2D eigenvalue weighted by Gasteiger charge is -2.06. The number of nitrogens with zero attached hydrogens (tertiary/aromatic N) is 2. The maximum Gasteiger partial charge on any atom is 0.270 e. The molecule has 1 aromatic heterocycles. The second-order valence-electron chi connectivity index (χ2n) is 4.85. The predicted molar refractivity (Wildman–Crippen MR) is 76.3 cm³/mol. The summed E-state index contributed by atoms with van der Waals surface area (Å²) in [6.45, 7) is 0.633. The van der Waals surface area contributed by atoms with E-state index in [1.807, 2.05) is 30.3 Å². The molecule has 0 radical (unpaired) electrons. The zero-order chi connectivity index (χ0) is 13.8. The van der Waals surface area contributed by atoms with Crippen molar-refractivity contribution in [1.82, 2.24) is 15.3 Å². The highest BCUT2D eigenvalue weighted by molar-refractivity contribution is 5.92. The van der Waals surface area contributed by atoms with E-state index in [2.05, 4.69) is 20.6 Å². The molecule has 1 amide bonds. The van der Waals surface area contributed by atoms with Crippen LogP contribution in [-0.4, -0.2) is 21.9 Å². The molecular weight excluding hydrogens is 252 g/mol. The van der Waals surface area contributed by atoms with Crippen LogP contribution in [0.1, 0.15) is 28.9 Å².